The minimum absolute atomic E-state index is 0.244. The monoisotopic (exact) mass is 198 g/mol. The average Bonchev–Trinajstić information content (AvgIpc) is 2.58. The van der Waals surface area contributed by atoms with Crippen LogP contribution in [0.25, 0.3) is 0 Å². The summed E-state index contributed by atoms with van der Waals surface area (Å²) in [5.74, 6) is 0.376. The molecule has 0 aliphatic heterocycles. The molecule has 1 fully saturated rings. The Kier molecular flexibility index (Phi) is 5.85. The van der Waals surface area contributed by atoms with Crippen molar-refractivity contribution in [2.75, 3.05) is 6.61 Å². The Bertz CT molecular complexity index is 166. The van der Waals surface area contributed by atoms with Gasteiger partial charge in [0.2, 0.25) is 0 Å². The van der Waals surface area contributed by atoms with Crippen LogP contribution in [0.4, 0.5) is 0 Å². The van der Waals surface area contributed by atoms with Crippen LogP contribution in [0, 0.1) is 0 Å². The molecule has 1 rings (SSSR count). The summed E-state index contributed by atoms with van der Waals surface area (Å²) in [7, 11) is 0. The zero-order valence-electron chi connectivity index (χ0n) is 9.26. The van der Waals surface area contributed by atoms with Gasteiger partial charge < -0.3 is 4.74 Å². The molecule has 0 amide bonds. The Balaban J connectivity index is 1.86. The maximum absolute atomic E-state index is 10.9. The number of Topliss-reactive ketones (excluding diaryl/α,β-unsaturated/α-hetero) is 1. The first kappa shape index (κ1) is 11.7. The summed E-state index contributed by atoms with van der Waals surface area (Å²) in [6.45, 7) is 3.07. The van der Waals surface area contributed by atoms with Gasteiger partial charge in [0, 0.05) is 19.4 Å². The molecular weight excluding hydrogens is 176 g/mol. The summed E-state index contributed by atoms with van der Waals surface area (Å²) in [6, 6.07) is 0. The summed E-state index contributed by atoms with van der Waals surface area (Å²) in [4.78, 5) is 10.9. The van der Waals surface area contributed by atoms with E-state index in [2.05, 4.69) is 6.92 Å². The number of carbonyl (C=O) groups is 1. The van der Waals surface area contributed by atoms with Gasteiger partial charge in [-0.3, -0.25) is 4.79 Å². The molecule has 0 radical (unpaired) electrons. The predicted molar refractivity (Wildman–Crippen MR) is 57.4 cm³/mol. The van der Waals surface area contributed by atoms with Crippen LogP contribution in [-0.4, -0.2) is 18.5 Å². The SMILES string of the molecule is CCCCCCCOC1CCC(=O)C1. The summed E-state index contributed by atoms with van der Waals surface area (Å²) in [6.07, 6.45) is 8.97. The molecule has 0 aromatic heterocycles. The van der Waals surface area contributed by atoms with E-state index in [4.69, 9.17) is 4.74 Å². The fraction of sp³-hybridized carbons (Fsp3) is 0.917. The van der Waals surface area contributed by atoms with Gasteiger partial charge in [0.15, 0.2) is 0 Å². The Hall–Kier alpha value is -0.370. The van der Waals surface area contributed by atoms with Crippen molar-refractivity contribution in [3.8, 4) is 0 Å². The lowest BCUT2D eigenvalue weighted by atomic mass is 10.2. The van der Waals surface area contributed by atoms with Crippen molar-refractivity contribution < 1.29 is 9.53 Å². The van der Waals surface area contributed by atoms with Gasteiger partial charge in [0.1, 0.15) is 5.78 Å². The number of ether oxygens (including phenoxy) is 1. The normalized spacial score (nSPS) is 21.8. The van der Waals surface area contributed by atoms with Gasteiger partial charge in [0.25, 0.3) is 0 Å². The molecule has 1 saturated carbocycles. The van der Waals surface area contributed by atoms with Crippen molar-refractivity contribution in [3.63, 3.8) is 0 Å². The third-order valence-corrected chi connectivity index (χ3v) is 2.80. The second-order valence-electron chi connectivity index (χ2n) is 4.19. The van der Waals surface area contributed by atoms with E-state index in [1.807, 2.05) is 0 Å². The van der Waals surface area contributed by atoms with Crippen LogP contribution >= 0.6 is 0 Å². The van der Waals surface area contributed by atoms with Gasteiger partial charge >= 0.3 is 0 Å². The molecule has 0 bridgehead atoms. The minimum atomic E-state index is 0.244. The molecule has 0 spiro atoms. The lowest BCUT2D eigenvalue weighted by molar-refractivity contribution is -0.118. The number of hydrogen-bond donors (Lipinski definition) is 0. The molecule has 0 heterocycles. The van der Waals surface area contributed by atoms with E-state index >= 15 is 0 Å². The van der Waals surface area contributed by atoms with E-state index in [1.54, 1.807) is 0 Å². The Morgan fingerprint density at radius 3 is 2.71 bits per heavy atom. The lowest BCUT2D eigenvalue weighted by Crippen LogP contribution is -2.09. The quantitative estimate of drug-likeness (QED) is 0.588. The second-order valence-corrected chi connectivity index (χ2v) is 4.19. The van der Waals surface area contributed by atoms with Crippen molar-refractivity contribution in [2.45, 2.75) is 64.4 Å². The van der Waals surface area contributed by atoms with E-state index in [9.17, 15) is 4.79 Å². The topological polar surface area (TPSA) is 26.3 Å². The molecule has 0 aromatic carbocycles. The van der Waals surface area contributed by atoms with Crippen LogP contribution < -0.4 is 0 Å². The number of ketones is 1. The maximum Gasteiger partial charge on any atom is 0.135 e. The minimum Gasteiger partial charge on any atom is -0.378 e. The van der Waals surface area contributed by atoms with E-state index in [0.717, 1.165) is 25.9 Å². The standard InChI is InChI=1S/C12H22O2/c1-2-3-4-5-6-9-14-12-8-7-11(13)10-12/h12H,2-10H2,1H3. The molecule has 2 nitrogen and oxygen atoms in total. The molecule has 1 unspecified atom stereocenters. The van der Waals surface area contributed by atoms with E-state index in [-0.39, 0.29) is 6.10 Å². The van der Waals surface area contributed by atoms with Crippen LogP contribution in [0.3, 0.4) is 0 Å². The summed E-state index contributed by atoms with van der Waals surface area (Å²) >= 11 is 0. The highest BCUT2D eigenvalue weighted by Gasteiger charge is 2.21. The molecule has 2 heteroatoms. The van der Waals surface area contributed by atoms with Crippen LogP contribution in [-0.2, 0) is 9.53 Å². The van der Waals surface area contributed by atoms with Gasteiger partial charge in [-0.2, -0.15) is 0 Å². The zero-order valence-corrected chi connectivity index (χ0v) is 9.26. The largest absolute Gasteiger partial charge is 0.378 e. The summed E-state index contributed by atoms with van der Waals surface area (Å²) in [5.41, 5.74) is 0. The number of unbranched alkanes of at least 4 members (excludes halogenated alkanes) is 4. The molecule has 14 heavy (non-hydrogen) atoms. The number of rotatable bonds is 7. The molecule has 82 valence electrons. The lowest BCUT2D eigenvalue weighted by Gasteiger charge is -2.09. The average molecular weight is 198 g/mol. The van der Waals surface area contributed by atoms with Crippen molar-refractivity contribution in [2.24, 2.45) is 0 Å². The summed E-state index contributed by atoms with van der Waals surface area (Å²) < 4.78 is 5.63. The zero-order chi connectivity index (χ0) is 10.2. The molecule has 0 saturated heterocycles. The third-order valence-electron chi connectivity index (χ3n) is 2.80. The van der Waals surface area contributed by atoms with Gasteiger partial charge in [-0.15, -0.1) is 0 Å². The third kappa shape index (κ3) is 4.75. The number of hydrogen-bond acceptors (Lipinski definition) is 2. The van der Waals surface area contributed by atoms with Crippen LogP contribution in [0.15, 0.2) is 0 Å². The van der Waals surface area contributed by atoms with Crippen LogP contribution in [0.1, 0.15) is 58.3 Å². The maximum atomic E-state index is 10.9. The first-order valence-corrected chi connectivity index (χ1v) is 5.96. The van der Waals surface area contributed by atoms with Crippen molar-refractivity contribution in [1.29, 1.82) is 0 Å². The molecule has 0 aromatic rings. The van der Waals surface area contributed by atoms with Crippen molar-refractivity contribution in [1.82, 2.24) is 0 Å². The Morgan fingerprint density at radius 2 is 2.07 bits per heavy atom. The molecule has 1 aliphatic carbocycles. The highest BCUT2D eigenvalue weighted by molar-refractivity contribution is 5.81. The second kappa shape index (κ2) is 6.99. The molecule has 1 aliphatic rings. The fourth-order valence-electron chi connectivity index (χ4n) is 1.88. The predicted octanol–water partition coefficient (Wildman–Crippen LogP) is 3.10. The number of carbonyl (C=O) groups excluding carboxylic acids is 1. The first-order chi connectivity index (χ1) is 6.83. The van der Waals surface area contributed by atoms with Gasteiger partial charge in [-0.25, -0.2) is 0 Å². The van der Waals surface area contributed by atoms with Crippen LogP contribution in [0.2, 0.25) is 0 Å². The summed E-state index contributed by atoms with van der Waals surface area (Å²) in [5, 5.41) is 0. The highest BCUT2D eigenvalue weighted by atomic mass is 16.5. The highest BCUT2D eigenvalue weighted by Crippen LogP contribution is 2.18. The van der Waals surface area contributed by atoms with Gasteiger partial charge in [-0.05, 0) is 12.8 Å². The molecule has 0 N–H and O–H groups in total. The fourth-order valence-corrected chi connectivity index (χ4v) is 1.88. The van der Waals surface area contributed by atoms with Crippen molar-refractivity contribution >= 4 is 5.78 Å². The van der Waals surface area contributed by atoms with Gasteiger partial charge in [0.05, 0.1) is 6.10 Å². The van der Waals surface area contributed by atoms with Crippen LogP contribution in [0.5, 0.6) is 0 Å². The van der Waals surface area contributed by atoms with Crippen molar-refractivity contribution in [3.05, 3.63) is 0 Å². The molecular formula is C12H22O2. The Morgan fingerprint density at radius 1 is 1.29 bits per heavy atom. The first-order valence-electron chi connectivity index (χ1n) is 5.96. The Labute approximate surface area is 87.0 Å². The molecule has 1 atom stereocenters. The van der Waals surface area contributed by atoms with E-state index < -0.39 is 0 Å². The van der Waals surface area contributed by atoms with E-state index in [1.165, 1.54) is 25.7 Å². The van der Waals surface area contributed by atoms with E-state index in [0.29, 0.717) is 12.2 Å². The smallest absolute Gasteiger partial charge is 0.135 e. The van der Waals surface area contributed by atoms with Gasteiger partial charge in [-0.1, -0.05) is 32.6 Å².